The van der Waals surface area contributed by atoms with Crippen LogP contribution in [-0.4, -0.2) is 53.9 Å². The van der Waals surface area contributed by atoms with Crippen molar-refractivity contribution in [3.8, 4) is 5.75 Å². The van der Waals surface area contributed by atoms with Crippen LogP contribution in [0.2, 0.25) is 0 Å². The summed E-state index contributed by atoms with van der Waals surface area (Å²) < 4.78 is 5.74. The summed E-state index contributed by atoms with van der Waals surface area (Å²) in [6, 6.07) is 7.92. The van der Waals surface area contributed by atoms with Crippen LogP contribution in [0.1, 0.15) is 37.7 Å². The summed E-state index contributed by atoms with van der Waals surface area (Å²) in [6.07, 6.45) is 5.71. The minimum atomic E-state index is -0.0313. The van der Waals surface area contributed by atoms with E-state index >= 15 is 0 Å². The molecule has 140 valence electrons. The molecule has 2 amide bonds. The Labute approximate surface area is 155 Å². The Morgan fingerprint density at radius 2 is 1.96 bits per heavy atom. The molecule has 5 rings (SSSR count). The second-order valence-corrected chi connectivity index (χ2v) is 8.07. The highest BCUT2D eigenvalue weighted by atomic mass is 16.5. The van der Waals surface area contributed by atoms with Gasteiger partial charge in [0.25, 0.3) is 5.91 Å². The Hall–Kier alpha value is -2.04. The summed E-state index contributed by atoms with van der Waals surface area (Å²) in [5.74, 6) is 1.65. The number of amides is 2. The third-order valence-electron chi connectivity index (χ3n) is 6.27. The predicted molar refractivity (Wildman–Crippen MR) is 98.8 cm³/mol. The molecule has 26 heavy (non-hydrogen) atoms. The number of benzene rings is 1. The van der Waals surface area contributed by atoms with Gasteiger partial charge in [0.2, 0.25) is 5.91 Å². The van der Waals surface area contributed by atoms with Crippen molar-refractivity contribution in [2.24, 2.45) is 11.8 Å². The maximum atomic E-state index is 12.8. The van der Waals surface area contributed by atoms with Gasteiger partial charge in [-0.25, -0.2) is 0 Å². The van der Waals surface area contributed by atoms with Crippen molar-refractivity contribution in [1.29, 1.82) is 0 Å². The molecule has 1 saturated carbocycles. The van der Waals surface area contributed by atoms with Crippen molar-refractivity contribution in [2.45, 2.75) is 45.1 Å². The van der Waals surface area contributed by atoms with Crippen molar-refractivity contribution in [1.82, 2.24) is 9.80 Å². The normalized spacial score (nSPS) is 25.8. The van der Waals surface area contributed by atoms with Crippen LogP contribution in [0, 0.1) is 18.8 Å². The molecule has 2 atom stereocenters. The second-order valence-electron chi connectivity index (χ2n) is 8.07. The van der Waals surface area contributed by atoms with E-state index in [1.54, 1.807) is 0 Å². The van der Waals surface area contributed by atoms with Crippen LogP contribution in [0.25, 0.3) is 0 Å². The minimum absolute atomic E-state index is 0.0107. The molecule has 4 fully saturated rings. The molecule has 3 aliphatic heterocycles. The van der Waals surface area contributed by atoms with Crippen LogP contribution < -0.4 is 4.74 Å². The van der Waals surface area contributed by atoms with Gasteiger partial charge in [-0.2, -0.15) is 0 Å². The third-order valence-corrected chi connectivity index (χ3v) is 6.27. The molecule has 1 aromatic rings. The SMILES string of the molecule is Cc1ccccc1OCC(=O)N1C[C@H]2CC[C@@H](C1)N(CC1CCC1)C2=O. The Morgan fingerprint density at radius 1 is 1.15 bits per heavy atom. The number of hydrogen-bond donors (Lipinski definition) is 0. The molecule has 2 bridgehead atoms. The van der Waals surface area contributed by atoms with E-state index in [2.05, 4.69) is 4.90 Å². The van der Waals surface area contributed by atoms with Crippen molar-refractivity contribution in [3.63, 3.8) is 0 Å². The molecule has 1 aliphatic carbocycles. The van der Waals surface area contributed by atoms with Crippen molar-refractivity contribution in [2.75, 3.05) is 26.2 Å². The molecule has 0 unspecified atom stereocenters. The van der Waals surface area contributed by atoms with Gasteiger partial charge in [0.15, 0.2) is 6.61 Å². The van der Waals surface area contributed by atoms with Gasteiger partial charge in [0.05, 0.1) is 5.92 Å². The van der Waals surface area contributed by atoms with Crippen LogP contribution >= 0.6 is 0 Å². The molecular formula is C21H28N2O3. The van der Waals surface area contributed by atoms with Crippen LogP contribution in [0.4, 0.5) is 0 Å². The Bertz CT molecular complexity index is 686. The van der Waals surface area contributed by atoms with E-state index in [1.165, 1.54) is 19.3 Å². The summed E-state index contributed by atoms with van der Waals surface area (Å²) in [6.45, 7) is 4.11. The number of piperidine rings is 1. The first-order valence-corrected chi connectivity index (χ1v) is 9.88. The zero-order valence-corrected chi connectivity index (χ0v) is 15.5. The lowest BCUT2D eigenvalue weighted by Gasteiger charge is -2.40. The van der Waals surface area contributed by atoms with E-state index in [9.17, 15) is 9.59 Å². The largest absolute Gasteiger partial charge is 0.484 e. The lowest BCUT2D eigenvalue weighted by atomic mass is 9.83. The fourth-order valence-electron chi connectivity index (χ4n) is 4.39. The molecule has 5 nitrogen and oxygen atoms in total. The smallest absolute Gasteiger partial charge is 0.260 e. The fraction of sp³-hybridized carbons (Fsp3) is 0.619. The van der Waals surface area contributed by atoms with E-state index in [1.807, 2.05) is 36.1 Å². The number of para-hydroxylation sites is 1. The summed E-state index contributed by atoms with van der Waals surface area (Å²) in [5, 5.41) is 0. The van der Waals surface area contributed by atoms with Crippen molar-refractivity contribution >= 4 is 11.8 Å². The zero-order valence-electron chi connectivity index (χ0n) is 15.5. The number of rotatable bonds is 5. The molecule has 0 aromatic heterocycles. The van der Waals surface area contributed by atoms with Gasteiger partial charge in [0.1, 0.15) is 5.75 Å². The van der Waals surface area contributed by atoms with E-state index in [0.717, 1.165) is 30.7 Å². The van der Waals surface area contributed by atoms with Gasteiger partial charge in [-0.3, -0.25) is 9.59 Å². The highest BCUT2D eigenvalue weighted by molar-refractivity contribution is 5.83. The van der Waals surface area contributed by atoms with Crippen LogP contribution in [0.3, 0.4) is 0 Å². The zero-order chi connectivity index (χ0) is 18.1. The Morgan fingerprint density at radius 3 is 2.69 bits per heavy atom. The number of aryl methyl sites for hydroxylation is 1. The monoisotopic (exact) mass is 356 g/mol. The second kappa shape index (κ2) is 7.29. The minimum Gasteiger partial charge on any atom is -0.484 e. The van der Waals surface area contributed by atoms with E-state index in [0.29, 0.717) is 19.0 Å². The first kappa shape index (κ1) is 17.4. The van der Waals surface area contributed by atoms with Gasteiger partial charge in [0, 0.05) is 25.7 Å². The molecule has 4 aliphatic rings. The first-order chi connectivity index (χ1) is 12.6. The standard InChI is InChI=1S/C21H28N2O3/c1-15-5-2-3-8-19(15)26-14-20(24)22-12-17-9-10-18(13-22)23(21(17)25)11-16-6-4-7-16/h2-3,5,8,16-18H,4,6-7,9-14H2,1H3/t17-,18+/m1/s1. The molecule has 1 aromatic carbocycles. The van der Waals surface area contributed by atoms with Crippen LogP contribution in [0.15, 0.2) is 24.3 Å². The summed E-state index contributed by atoms with van der Waals surface area (Å²) in [4.78, 5) is 29.5. The maximum absolute atomic E-state index is 12.8. The number of carbonyl (C=O) groups is 2. The molecule has 0 spiro atoms. The van der Waals surface area contributed by atoms with E-state index in [-0.39, 0.29) is 30.4 Å². The van der Waals surface area contributed by atoms with Crippen molar-refractivity contribution in [3.05, 3.63) is 29.8 Å². The van der Waals surface area contributed by atoms with Gasteiger partial charge in [-0.15, -0.1) is 0 Å². The predicted octanol–water partition coefficient (Wildman–Crippen LogP) is 2.62. The molecule has 0 N–H and O–H groups in total. The first-order valence-electron chi connectivity index (χ1n) is 9.88. The van der Waals surface area contributed by atoms with Crippen molar-refractivity contribution < 1.29 is 14.3 Å². The average molecular weight is 356 g/mol. The highest BCUT2D eigenvalue weighted by Gasteiger charge is 2.42. The molecule has 3 heterocycles. The fourth-order valence-corrected chi connectivity index (χ4v) is 4.39. The lowest BCUT2D eigenvalue weighted by Crippen LogP contribution is -2.50. The number of fused-ring (bicyclic) bond motifs is 4. The van der Waals surface area contributed by atoms with Gasteiger partial charge in [-0.05, 0) is 50.2 Å². The molecular weight excluding hydrogens is 328 g/mol. The average Bonchev–Trinajstić information content (AvgIpc) is 2.89. The number of hydrogen-bond acceptors (Lipinski definition) is 3. The van der Waals surface area contributed by atoms with Crippen LogP contribution in [-0.2, 0) is 9.59 Å². The van der Waals surface area contributed by atoms with E-state index in [4.69, 9.17) is 4.74 Å². The number of carbonyl (C=O) groups excluding carboxylic acids is 2. The third kappa shape index (κ3) is 3.44. The summed E-state index contributed by atoms with van der Waals surface area (Å²) in [7, 11) is 0. The van der Waals surface area contributed by atoms with Gasteiger partial charge >= 0.3 is 0 Å². The Kier molecular flexibility index (Phi) is 4.88. The molecule has 5 heteroatoms. The molecule has 3 saturated heterocycles. The van der Waals surface area contributed by atoms with E-state index < -0.39 is 0 Å². The highest BCUT2D eigenvalue weighted by Crippen LogP contribution is 2.34. The van der Waals surface area contributed by atoms with Crippen LogP contribution in [0.5, 0.6) is 5.75 Å². The topological polar surface area (TPSA) is 49.9 Å². The Balaban J connectivity index is 1.39. The van der Waals surface area contributed by atoms with Gasteiger partial charge in [-0.1, -0.05) is 24.6 Å². The summed E-state index contributed by atoms with van der Waals surface area (Å²) in [5.41, 5.74) is 1.03. The number of ether oxygens (including phenoxy) is 1. The molecule has 0 radical (unpaired) electrons. The van der Waals surface area contributed by atoms with Gasteiger partial charge < -0.3 is 14.5 Å². The maximum Gasteiger partial charge on any atom is 0.260 e. The number of nitrogens with zero attached hydrogens (tertiary/aromatic N) is 2. The quantitative estimate of drug-likeness (QED) is 0.815. The summed E-state index contributed by atoms with van der Waals surface area (Å²) >= 11 is 0. The lowest BCUT2D eigenvalue weighted by molar-refractivity contribution is -0.141.